The van der Waals surface area contributed by atoms with Crippen LogP contribution in [0.2, 0.25) is 0 Å². The van der Waals surface area contributed by atoms with Crippen LogP contribution in [0, 0.1) is 18.3 Å². The number of nitrogens with two attached hydrogens (primary N) is 1. The molecule has 4 nitrogen and oxygen atoms in total. The third-order valence-corrected chi connectivity index (χ3v) is 1.75. The van der Waals surface area contributed by atoms with Crippen LogP contribution < -0.4 is 5.73 Å². The average molecular weight is 176 g/mol. The number of nitrogens with zero attached hydrogens (tertiary/aromatic N) is 1. The van der Waals surface area contributed by atoms with Gasteiger partial charge in [-0.2, -0.15) is 5.26 Å². The maximum Gasteiger partial charge on any atom is 0.335 e. The van der Waals surface area contributed by atoms with Crippen molar-refractivity contribution in [2.45, 2.75) is 6.92 Å². The third-order valence-electron chi connectivity index (χ3n) is 1.75. The van der Waals surface area contributed by atoms with Gasteiger partial charge in [0.2, 0.25) is 0 Å². The van der Waals surface area contributed by atoms with Gasteiger partial charge in [-0.25, -0.2) is 4.79 Å². The summed E-state index contributed by atoms with van der Waals surface area (Å²) in [7, 11) is 0. The van der Waals surface area contributed by atoms with Gasteiger partial charge in [-0.1, -0.05) is 0 Å². The first-order valence-electron chi connectivity index (χ1n) is 3.59. The number of nitrogen functional groups attached to an aromatic ring is 1. The van der Waals surface area contributed by atoms with Crippen LogP contribution in [0.3, 0.4) is 0 Å². The summed E-state index contributed by atoms with van der Waals surface area (Å²) in [5.41, 5.74) is 6.79. The van der Waals surface area contributed by atoms with Crippen molar-refractivity contribution in [1.29, 1.82) is 5.26 Å². The molecule has 0 saturated carbocycles. The Labute approximate surface area is 75.2 Å². The zero-order valence-corrected chi connectivity index (χ0v) is 7.03. The quantitative estimate of drug-likeness (QED) is 0.628. The fraction of sp³-hybridized carbons (Fsp3) is 0.111. The highest BCUT2D eigenvalue weighted by Gasteiger charge is 2.08. The lowest BCUT2D eigenvalue weighted by molar-refractivity contribution is 0.0697. The molecule has 1 aromatic carbocycles. The molecule has 66 valence electrons. The van der Waals surface area contributed by atoms with E-state index in [0.29, 0.717) is 11.3 Å². The van der Waals surface area contributed by atoms with E-state index in [1.807, 2.05) is 6.07 Å². The topological polar surface area (TPSA) is 87.1 Å². The summed E-state index contributed by atoms with van der Waals surface area (Å²) in [6.45, 7) is 1.67. The number of hydrogen-bond acceptors (Lipinski definition) is 3. The van der Waals surface area contributed by atoms with E-state index < -0.39 is 5.97 Å². The van der Waals surface area contributed by atoms with Gasteiger partial charge in [0.25, 0.3) is 0 Å². The number of carbonyl (C=O) groups is 1. The third kappa shape index (κ3) is 1.59. The Morgan fingerprint density at radius 3 is 2.69 bits per heavy atom. The highest BCUT2D eigenvalue weighted by atomic mass is 16.4. The van der Waals surface area contributed by atoms with Gasteiger partial charge in [0.1, 0.15) is 6.07 Å². The van der Waals surface area contributed by atoms with Gasteiger partial charge < -0.3 is 10.8 Å². The van der Waals surface area contributed by atoms with E-state index in [4.69, 9.17) is 16.1 Å². The zero-order chi connectivity index (χ0) is 10.0. The number of aromatic carboxylic acids is 1. The maximum atomic E-state index is 10.6. The van der Waals surface area contributed by atoms with Crippen LogP contribution in [-0.2, 0) is 0 Å². The number of aryl methyl sites for hydroxylation is 1. The zero-order valence-electron chi connectivity index (χ0n) is 7.03. The fourth-order valence-corrected chi connectivity index (χ4v) is 1.01. The van der Waals surface area contributed by atoms with E-state index in [0.717, 1.165) is 0 Å². The molecule has 0 bridgehead atoms. The molecular formula is C9H8N2O2. The van der Waals surface area contributed by atoms with Crippen molar-refractivity contribution >= 4 is 11.7 Å². The van der Waals surface area contributed by atoms with Crippen molar-refractivity contribution in [1.82, 2.24) is 0 Å². The first kappa shape index (κ1) is 9.07. The van der Waals surface area contributed by atoms with Crippen molar-refractivity contribution in [2.24, 2.45) is 0 Å². The highest BCUT2D eigenvalue weighted by molar-refractivity contribution is 5.89. The van der Waals surface area contributed by atoms with Crippen LogP contribution in [0.5, 0.6) is 0 Å². The summed E-state index contributed by atoms with van der Waals surface area (Å²) >= 11 is 0. The predicted octanol–water partition coefficient (Wildman–Crippen LogP) is 1.15. The van der Waals surface area contributed by atoms with E-state index in [-0.39, 0.29) is 11.1 Å². The molecule has 0 fully saturated rings. The van der Waals surface area contributed by atoms with E-state index in [2.05, 4.69) is 0 Å². The first-order valence-corrected chi connectivity index (χ1v) is 3.59. The Morgan fingerprint density at radius 1 is 1.62 bits per heavy atom. The molecule has 0 aromatic heterocycles. The van der Waals surface area contributed by atoms with Crippen LogP contribution in [0.15, 0.2) is 12.1 Å². The lowest BCUT2D eigenvalue weighted by Gasteiger charge is -2.03. The van der Waals surface area contributed by atoms with Crippen LogP contribution in [0.1, 0.15) is 21.5 Å². The van der Waals surface area contributed by atoms with Gasteiger partial charge in [-0.3, -0.25) is 0 Å². The number of nitriles is 1. The molecule has 0 amide bonds. The molecule has 0 spiro atoms. The molecule has 0 aliphatic carbocycles. The Bertz CT molecular complexity index is 405. The molecule has 3 N–H and O–H groups in total. The molecule has 0 aliphatic heterocycles. The van der Waals surface area contributed by atoms with Gasteiger partial charge in [-0.15, -0.1) is 0 Å². The molecule has 0 heterocycles. The molecule has 0 aliphatic rings. The predicted molar refractivity (Wildman–Crippen MR) is 47.3 cm³/mol. The van der Waals surface area contributed by atoms with E-state index in [1.165, 1.54) is 12.1 Å². The largest absolute Gasteiger partial charge is 0.478 e. The minimum Gasteiger partial charge on any atom is -0.478 e. The number of benzene rings is 1. The number of hydrogen-bond donors (Lipinski definition) is 2. The Hall–Kier alpha value is -2.02. The Morgan fingerprint density at radius 2 is 2.23 bits per heavy atom. The molecule has 13 heavy (non-hydrogen) atoms. The minimum absolute atomic E-state index is 0.0863. The van der Waals surface area contributed by atoms with Gasteiger partial charge >= 0.3 is 5.97 Å². The van der Waals surface area contributed by atoms with Gasteiger partial charge in [-0.05, 0) is 24.6 Å². The molecule has 0 saturated heterocycles. The average Bonchev–Trinajstić information content (AvgIpc) is 2.09. The van der Waals surface area contributed by atoms with Crippen molar-refractivity contribution in [2.75, 3.05) is 5.73 Å². The van der Waals surface area contributed by atoms with E-state index >= 15 is 0 Å². The molecule has 0 radical (unpaired) electrons. The SMILES string of the molecule is Cc1cc(C(=O)O)cc(C#N)c1N. The van der Waals surface area contributed by atoms with Crippen LogP contribution in [0.25, 0.3) is 0 Å². The number of anilines is 1. The lowest BCUT2D eigenvalue weighted by Crippen LogP contribution is -2.01. The number of carboxylic acid groups (broad SMARTS) is 1. The fourth-order valence-electron chi connectivity index (χ4n) is 1.01. The van der Waals surface area contributed by atoms with E-state index in [1.54, 1.807) is 6.92 Å². The smallest absolute Gasteiger partial charge is 0.335 e. The van der Waals surface area contributed by atoms with Crippen molar-refractivity contribution in [3.05, 3.63) is 28.8 Å². The lowest BCUT2D eigenvalue weighted by atomic mass is 10.0. The molecular weight excluding hydrogens is 168 g/mol. The minimum atomic E-state index is -1.06. The van der Waals surface area contributed by atoms with Crippen molar-refractivity contribution in [3.8, 4) is 6.07 Å². The Balaban J connectivity index is 3.41. The highest BCUT2D eigenvalue weighted by Crippen LogP contribution is 2.18. The maximum absolute atomic E-state index is 10.6. The van der Waals surface area contributed by atoms with Gasteiger partial charge in [0.15, 0.2) is 0 Å². The summed E-state index contributed by atoms with van der Waals surface area (Å²) in [6, 6.07) is 4.55. The monoisotopic (exact) mass is 176 g/mol. The summed E-state index contributed by atoms with van der Waals surface area (Å²) in [6.07, 6.45) is 0. The summed E-state index contributed by atoms with van der Waals surface area (Å²) in [5, 5.41) is 17.3. The van der Waals surface area contributed by atoms with Crippen molar-refractivity contribution in [3.63, 3.8) is 0 Å². The first-order chi connectivity index (χ1) is 6.06. The number of carboxylic acids is 1. The summed E-state index contributed by atoms with van der Waals surface area (Å²) < 4.78 is 0. The summed E-state index contributed by atoms with van der Waals surface area (Å²) in [4.78, 5) is 10.6. The van der Waals surface area contributed by atoms with E-state index in [9.17, 15) is 4.79 Å². The van der Waals surface area contributed by atoms with Crippen LogP contribution in [0.4, 0.5) is 5.69 Å². The van der Waals surface area contributed by atoms with Crippen LogP contribution >= 0.6 is 0 Å². The van der Waals surface area contributed by atoms with Crippen molar-refractivity contribution < 1.29 is 9.90 Å². The summed E-state index contributed by atoms with van der Waals surface area (Å²) in [5.74, 6) is -1.06. The van der Waals surface area contributed by atoms with Crippen LogP contribution in [-0.4, -0.2) is 11.1 Å². The molecule has 0 unspecified atom stereocenters. The molecule has 1 aromatic rings. The molecule has 0 atom stereocenters. The molecule has 1 rings (SSSR count). The normalized spacial score (nSPS) is 9.23. The van der Waals surface area contributed by atoms with Gasteiger partial charge in [0, 0.05) is 0 Å². The second-order valence-electron chi connectivity index (χ2n) is 2.67. The number of rotatable bonds is 1. The second kappa shape index (κ2) is 3.15. The Kier molecular flexibility index (Phi) is 2.20. The second-order valence-corrected chi connectivity index (χ2v) is 2.67. The standard InChI is InChI=1S/C9H8N2O2/c1-5-2-6(9(12)13)3-7(4-10)8(5)11/h2-3H,11H2,1H3,(H,12,13). The van der Waals surface area contributed by atoms with Gasteiger partial charge in [0.05, 0.1) is 16.8 Å². The molecule has 4 heteroatoms.